The van der Waals surface area contributed by atoms with Gasteiger partial charge in [-0.1, -0.05) is 25.5 Å². The number of hydrogen-bond acceptors (Lipinski definition) is 3. The highest BCUT2D eigenvalue weighted by atomic mass is 32.2. The molecule has 0 amide bonds. The Morgan fingerprint density at radius 1 is 1.25 bits per heavy atom. The number of alkyl halides is 3. The summed E-state index contributed by atoms with van der Waals surface area (Å²) >= 11 is 0. The molecule has 1 aromatic carbocycles. The van der Waals surface area contributed by atoms with Crippen molar-refractivity contribution in [1.29, 1.82) is 0 Å². The first-order valence-corrected chi connectivity index (χ1v) is 7.62. The van der Waals surface area contributed by atoms with Crippen LogP contribution in [0.5, 0.6) is 0 Å². The summed E-state index contributed by atoms with van der Waals surface area (Å²) < 4.78 is 67.9. The van der Waals surface area contributed by atoms with Crippen LogP contribution in [0.4, 0.5) is 13.2 Å². The third-order valence-corrected chi connectivity index (χ3v) is 4.11. The quantitative estimate of drug-likeness (QED) is 0.778. The molecule has 0 bridgehead atoms. The van der Waals surface area contributed by atoms with Crippen molar-refractivity contribution < 1.29 is 25.8 Å². The third kappa shape index (κ3) is 3.96. The molecule has 1 aromatic rings. The lowest BCUT2D eigenvalue weighted by molar-refractivity contribution is -0.140. The fourth-order valence-electron chi connectivity index (χ4n) is 1.87. The van der Waals surface area contributed by atoms with Crippen LogP contribution in [0, 0.1) is 0 Å². The smallest absolute Gasteiger partial charge is 0.264 e. The second kappa shape index (κ2) is 6.13. The molecule has 0 saturated carbocycles. The van der Waals surface area contributed by atoms with Crippen LogP contribution in [-0.4, -0.2) is 14.5 Å². The first-order chi connectivity index (χ1) is 9.09. The van der Waals surface area contributed by atoms with Crippen LogP contribution in [0.15, 0.2) is 23.1 Å². The molecule has 0 aliphatic rings. The molecule has 0 heterocycles. The second-order valence-electron chi connectivity index (χ2n) is 4.64. The van der Waals surface area contributed by atoms with E-state index in [1.165, 1.54) is 26.0 Å². The molecule has 0 atom stereocenters. The van der Waals surface area contributed by atoms with Crippen molar-refractivity contribution in [3.05, 3.63) is 29.3 Å². The molecule has 1 rings (SSSR count). The van der Waals surface area contributed by atoms with Crippen molar-refractivity contribution >= 4 is 10.1 Å². The highest BCUT2D eigenvalue weighted by Crippen LogP contribution is 2.37. The predicted octanol–water partition coefficient (Wildman–Crippen LogP) is 3.77. The highest BCUT2D eigenvalue weighted by molar-refractivity contribution is 7.86. The molecule has 7 heteroatoms. The standard InChI is InChI=1S/C13H17F3O3S/c1-4-6-10-7-5-8-11(13(14,15)16)12(10)20(17,18)19-9(2)3/h5,7-9H,4,6H2,1-3H3. The molecular weight excluding hydrogens is 293 g/mol. The van der Waals surface area contributed by atoms with Gasteiger partial charge in [0.2, 0.25) is 0 Å². The summed E-state index contributed by atoms with van der Waals surface area (Å²) in [4.78, 5) is -0.761. The Morgan fingerprint density at radius 3 is 2.30 bits per heavy atom. The van der Waals surface area contributed by atoms with E-state index in [0.29, 0.717) is 6.42 Å². The van der Waals surface area contributed by atoms with Crippen LogP contribution >= 0.6 is 0 Å². The highest BCUT2D eigenvalue weighted by Gasteiger charge is 2.39. The maximum absolute atomic E-state index is 13.0. The lowest BCUT2D eigenvalue weighted by Crippen LogP contribution is -2.20. The minimum atomic E-state index is -4.74. The van der Waals surface area contributed by atoms with E-state index in [0.717, 1.165) is 6.07 Å². The average Bonchev–Trinajstić information content (AvgIpc) is 2.26. The van der Waals surface area contributed by atoms with Crippen LogP contribution < -0.4 is 0 Å². The third-order valence-electron chi connectivity index (χ3n) is 2.49. The molecule has 114 valence electrons. The number of halogens is 3. The Bertz CT molecular complexity index is 563. The molecule has 20 heavy (non-hydrogen) atoms. The van der Waals surface area contributed by atoms with E-state index in [1.807, 2.05) is 0 Å². The number of aryl methyl sites for hydroxylation is 1. The van der Waals surface area contributed by atoms with Crippen molar-refractivity contribution in [2.75, 3.05) is 0 Å². The summed E-state index contributed by atoms with van der Waals surface area (Å²) in [5, 5.41) is 0. The summed E-state index contributed by atoms with van der Waals surface area (Å²) in [7, 11) is -4.45. The summed E-state index contributed by atoms with van der Waals surface area (Å²) in [6, 6.07) is 3.35. The van der Waals surface area contributed by atoms with Crippen LogP contribution in [0.3, 0.4) is 0 Å². The molecule has 0 aromatic heterocycles. The first-order valence-electron chi connectivity index (χ1n) is 6.22. The van der Waals surface area contributed by atoms with Crippen molar-refractivity contribution in [3.63, 3.8) is 0 Å². The monoisotopic (exact) mass is 310 g/mol. The van der Waals surface area contributed by atoms with Crippen LogP contribution in [-0.2, 0) is 26.9 Å². The average molecular weight is 310 g/mol. The second-order valence-corrected chi connectivity index (χ2v) is 6.15. The fourth-order valence-corrected chi connectivity index (χ4v) is 3.42. The van der Waals surface area contributed by atoms with E-state index < -0.39 is 32.9 Å². The maximum atomic E-state index is 13.0. The van der Waals surface area contributed by atoms with Gasteiger partial charge >= 0.3 is 6.18 Å². The van der Waals surface area contributed by atoms with Gasteiger partial charge in [-0.05, 0) is 31.9 Å². The van der Waals surface area contributed by atoms with Crippen molar-refractivity contribution in [2.24, 2.45) is 0 Å². The topological polar surface area (TPSA) is 43.4 Å². The maximum Gasteiger partial charge on any atom is 0.417 e. The molecule has 0 aliphatic heterocycles. The predicted molar refractivity (Wildman–Crippen MR) is 68.8 cm³/mol. The zero-order chi connectivity index (χ0) is 15.6. The van der Waals surface area contributed by atoms with E-state index in [4.69, 9.17) is 4.18 Å². The Hall–Kier alpha value is -1.08. The van der Waals surface area contributed by atoms with E-state index >= 15 is 0 Å². The zero-order valence-electron chi connectivity index (χ0n) is 11.5. The molecule has 0 spiro atoms. The van der Waals surface area contributed by atoms with E-state index in [-0.39, 0.29) is 12.0 Å². The Labute approximate surface area is 116 Å². The fraction of sp³-hybridized carbons (Fsp3) is 0.538. The summed E-state index contributed by atoms with van der Waals surface area (Å²) in [5.41, 5.74) is -1.05. The van der Waals surface area contributed by atoms with Gasteiger partial charge in [-0.3, -0.25) is 4.18 Å². The minimum Gasteiger partial charge on any atom is -0.264 e. The molecule has 0 saturated heterocycles. The van der Waals surface area contributed by atoms with Gasteiger partial charge in [-0.15, -0.1) is 0 Å². The molecule has 0 radical (unpaired) electrons. The number of hydrogen-bond donors (Lipinski definition) is 0. The lowest BCUT2D eigenvalue weighted by Gasteiger charge is -2.17. The van der Waals surface area contributed by atoms with Gasteiger partial charge in [0.1, 0.15) is 4.90 Å². The van der Waals surface area contributed by atoms with E-state index in [2.05, 4.69) is 0 Å². The molecular formula is C13H17F3O3S. The molecule has 0 unspecified atom stereocenters. The largest absolute Gasteiger partial charge is 0.417 e. The van der Waals surface area contributed by atoms with E-state index in [9.17, 15) is 21.6 Å². The van der Waals surface area contributed by atoms with Crippen molar-refractivity contribution in [3.8, 4) is 0 Å². The molecule has 0 aliphatic carbocycles. The number of rotatable bonds is 5. The van der Waals surface area contributed by atoms with E-state index in [1.54, 1.807) is 6.92 Å². The van der Waals surface area contributed by atoms with Gasteiger partial charge in [-0.2, -0.15) is 21.6 Å². The SMILES string of the molecule is CCCc1cccc(C(F)(F)F)c1S(=O)(=O)OC(C)C. The normalized spacial score (nSPS) is 12.9. The van der Waals surface area contributed by atoms with Crippen molar-refractivity contribution in [1.82, 2.24) is 0 Å². The van der Waals surface area contributed by atoms with Gasteiger partial charge in [0.05, 0.1) is 11.7 Å². The molecule has 0 N–H and O–H groups in total. The number of benzene rings is 1. The van der Waals surface area contributed by atoms with Crippen LogP contribution in [0.25, 0.3) is 0 Å². The summed E-state index contributed by atoms with van der Waals surface area (Å²) in [5.74, 6) is 0. The Balaban J connectivity index is 3.55. The summed E-state index contributed by atoms with van der Waals surface area (Å²) in [6.45, 7) is 4.67. The van der Waals surface area contributed by atoms with Crippen LogP contribution in [0.1, 0.15) is 38.3 Å². The molecule has 3 nitrogen and oxygen atoms in total. The zero-order valence-corrected chi connectivity index (χ0v) is 12.3. The Morgan fingerprint density at radius 2 is 1.85 bits per heavy atom. The lowest BCUT2D eigenvalue weighted by atomic mass is 10.1. The van der Waals surface area contributed by atoms with Crippen molar-refractivity contribution in [2.45, 2.75) is 50.8 Å². The van der Waals surface area contributed by atoms with Gasteiger partial charge in [0.15, 0.2) is 0 Å². The Kier molecular flexibility index (Phi) is 5.21. The molecule has 0 fully saturated rings. The first kappa shape index (κ1) is 17.0. The summed E-state index contributed by atoms with van der Waals surface area (Å²) in [6.07, 6.45) is -4.70. The van der Waals surface area contributed by atoms with Crippen LogP contribution in [0.2, 0.25) is 0 Å². The van der Waals surface area contributed by atoms with Gasteiger partial charge in [0, 0.05) is 0 Å². The minimum absolute atomic E-state index is 0.128. The van der Waals surface area contributed by atoms with Gasteiger partial charge in [0.25, 0.3) is 10.1 Å². The van der Waals surface area contributed by atoms with Gasteiger partial charge < -0.3 is 0 Å². The van der Waals surface area contributed by atoms with Gasteiger partial charge in [-0.25, -0.2) is 0 Å².